The molecule has 5 heterocycles. The largest absolute Gasteiger partial charge is 0.507 e. The molecule has 2 fully saturated rings. The van der Waals surface area contributed by atoms with Crippen LogP contribution >= 0.6 is 0 Å². The Balaban J connectivity index is 1.28. The average molecular weight is 460 g/mol. The van der Waals surface area contributed by atoms with Crippen molar-refractivity contribution in [2.45, 2.75) is 50.2 Å². The molecule has 0 unspecified atom stereocenters. The molecule has 2 aromatic heterocycles. The molecule has 0 amide bonds. The van der Waals surface area contributed by atoms with Gasteiger partial charge in [-0.05, 0) is 55.0 Å². The first-order chi connectivity index (χ1) is 16.5. The number of nitrogens with one attached hydrogen (secondary N) is 1. The minimum Gasteiger partial charge on any atom is -0.507 e. The minimum absolute atomic E-state index is 0.0891. The van der Waals surface area contributed by atoms with Crippen molar-refractivity contribution in [3.63, 3.8) is 0 Å². The number of anilines is 1. The summed E-state index contributed by atoms with van der Waals surface area (Å²) < 4.78 is 7.49. The van der Waals surface area contributed by atoms with Gasteiger partial charge in [0, 0.05) is 49.1 Å². The molecule has 2 bridgehead atoms. The van der Waals surface area contributed by atoms with Gasteiger partial charge >= 0.3 is 0 Å². The molecule has 2 saturated heterocycles. The lowest BCUT2D eigenvalue weighted by molar-refractivity contribution is 0.205. The monoisotopic (exact) mass is 459 g/mol. The molecule has 3 aliphatic heterocycles. The van der Waals surface area contributed by atoms with Gasteiger partial charge in [-0.1, -0.05) is 12.5 Å². The molecule has 6 rings (SSSR count). The molecular weight excluding hydrogens is 430 g/mol. The van der Waals surface area contributed by atoms with Crippen LogP contribution in [0.3, 0.4) is 0 Å². The molecule has 2 atom stereocenters. The van der Waals surface area contributed by atoms with Crippen LogP contribution in [-0.4, -0.2) is 51.1 Å². The van der Waals surface area contributed by atoms with E-state index >= 15 is 0 Å². The summed E-state index contributed by atoms with van der Waals surface area (Å²) in [4.78, 5) is 14.4. The molecule has 0 saturated carbocycles. The third kappa shape index (κ3) is 3.81. The number of piperidine rings is 2. The Morgan fingerprint density at radius 3 is 2.62 bits per heavy atom. The van der Waals surface area contributed by atoms with Crippen molar-refractivity contribution >= 4 is 5.82 Å². The normalized spacial score (nSPS) is 23.8. The van der Waals surface area contributed by atoms with E-state index in [-0.39, 0.29) is 11.3 Å². The van der Waals surface area contributed by atoms with Gasteiger partial charge < -0.3 is 24.6 Å². The van der Waals surface area contributed by atoms with Crippen molar-refractivity contribution in [1.29, 1.82) is 0 Å². The standard InChI is InChI=1S/C26H29N5O3/c1-30-8-7-17(12-25(30)33)16-5-6-21(23(32)11-16)22-15-24-26(29-28-22)31(9-10-34-24)20-13-18-3-2-4-19(14-20)27-18/h5-8,11-12,15,18-20,27,32H,2-4,9-10,13-14H2,1H3/t18-,19-/m0/s1. The van der Waals surface area contributed by atoms with Crippen molar-refractivity contribution in [3.05, 3.63) is 52.9 Å². The lowest BCUT2D eigenvalue weighted by atomic mass is 9.83. The van der Waals surface area contributed by atoms with E-state index in [4.69, 9.17) is 4.74 Å². The maximum Gasteiger partial charge on any atom is 0.250 e. The Labute approximate surface area is 198 Å². The lowest BCUT2D eigenvalue weighted by Gasteiger charge is -2.46. The first-order valence-corrected chi connectivity index (χ1v) is 12.1. The minimum atomic E-state index is -0.0966. The van der Waals surface area contributed by atoms with E-state index in [9.17, 15) is 9.90 Å². The molecule has 8 heteroatoms. The molecule has 0 spiro atoms. The summed E-state index contributed by atoms with van der Waals surface area (Å²) in [6, 6.07) is 12.3. The summed E-state index contributed by atoms with van der Waals surface area (Å²) in [5, 5.41) is 23.6. The zero-order chi connectivity index (χ0) is 23.2. The van der Waals surface area contributed by atoms with E-state index in [0.717, 1.165) is 42.1 Å². The van der Waals surface area contributed by atoms with E-state index in [1.807, 2.05) is 24.3 Å². The van der Waals surface area contributed by atoms with Gasteiger partial charge in [0.05, 0.1) is 6.54 Å². The van der Waals surface area contributed by atoms with E-state index in [2.05, 4.69) is 20.4 Å². The summed E-state index contributed by atoms with van der Waals surface area (Å²) in [7, 11) is 1.71. The van der Waals surface area contributed by atoms with Crippen molar-refractivity contribution in [2.75, 3.05) is 18.1 Å². The molecular formula is C26H29N5O3. The molecule has 176 valence electrons. The second-order valence-corrected chi connectivity index (χ2v) is 9.67. The number of nitrogens with zero attached hydrogens (tertiary/aromatic N) is 4. The van der Waals surface area contributed by atoms with Gasteiger partial charge in [-0.3, -0.25) is 4.79 Å². The topological polar surface area (TPSA) is 92.5 Å². The number of aromatic nitrogens is 3. The number of aromatic hydroxyl groups is 1. The van der Waals surface area contributed by atoms with Gasteiger partial charge in [0.15, 0.2) is 11.6 Å². The van der Waals surface area contributed by atoms with Gasteiger partial charge in [0.1, 0.15) is 18.1 Å². The van der Waals surface area contributed by atoms with E-state index in [1.54, 1.807) is 25.4 Å². The molecule has 3 aromatic rings. The Morgan fingerprint density at radius 2 is 1.85 bits per heavy atom. The van der Waals surface area contributed by atoms with Crippen molar-refractivity contribution in [2.24, 2.45) is 7.05 Å². The third-order valence-electron chi connectivity index (χ3n) is 7.44. The Morgan fingerprint density at radius 1 is 1.06 bits per heavy atom. The van der Waals surface area contributed by atoms with Crippen LogP contribution in [0.25, 0.3) is 22.4 Å². The Bertz CT molecular complexity index is 1280. The van der Waals surface area contributed by atoms with Crippen molar-refractivity contribution < 1.29 is 9.84 Å². The number of benzene rings is 1. The number of rotatable bonds is 3. The van der Waals surface area contributed by atoms with E-state index in [1.165, 1.54) is 23.8 Å². The highest BCUT2D eigenvalue weighted by Gasteiger charge is 2.36. The lowest BCUT2D eigenvalue weighted by Crippen LogP contribution is -2.56. The molecule has 0 radical (unpaired) electrons. The summed E-state index contributed by atoms with van der Waals surface area (Å²) in [5.74, 6) is 1.61. The highest BCUT2D eigenvalue weighted by Crippen LogP contribution is 2.39. The number of hydrogen-bond donors (Lipinski definition) is 2. The van der Waals surface area contributed by atoms with Crippen LogP contribution in [0.4, 0.5) is 5.82 Å². The highest BCUT2D eigenvalue weighted by atomic mass is 16.5. The zero-order valence-corrected chi connectivity index (χ0v) is 19.3. The predicted molar refractivity (Wildman–Crippen MR) is 130 cm³/mol. The fourth-order valence-corrected chi connectivity index (χ4v) is 5.67. The number of aryl methyl sites for hydroxylation is 1. The van der Waals surface area contributed by atoms with Gasteiger partial charge in [-0.2, -0.15) is 0 Å². The van der Waals surface area contributed by atoms with Gasteiger partial charge in [0.25, 0.3) is 5.56 Å². The first-order valence-electron chi connectivity index (χ1n) is 12.1. The number of pyridine rings is 1. The fraction of sp³-hybridized carbons (Fsp3) is 0.423. The van der Waals surface area contributed by atoms with Crippen molar-refractivity contribution in [1.82, 2.24) is 20.1 Å². The van der Waals surface area contributed by atoms with Crippen LogP contribution in [0.5, 0.6) is 11.5 Å². The smallest absolute Gasteiger partial charge is 0.250 e. The van der Waals surface area contributed by atoms with Crippen LogP contribution in [0.2, 0.25) is 0 Å². The summed E-state index contributed by atoms with van der Waals surface area (Å²) >= 11 is 0. The molecule has 34 heavy (non-hydrogen) atoms. The van der Waals surface area contributed by atoms with Gasteiger partial charge in [0.2, 0.25) is 0 Å². The van der Waals surface area contributed by atoms with E-state index < -0.39 is 0 Å². The Kier molecular flexibility index (Phi) is 5.25. The fourth-order valence-electron chi connectivity index (χ4n) is 5.67. The number of fused-ring (bicyclic) bond motifs is 3. The third-order valence-corrected chi connectivity index (χ3v) is 7.44. The second-order valence-electron chi connectivity index (χ2n) is 9.67. The zero-order valence-electron chi connectivity index (χ0n) is 19.3. The summed E-state index contributed by atoms with van der Waals surface area (Å²) in [6.45, 7) is 1.44. The predicted octanol–water partition coefficient (Wildman–Crippen LogP) is 3.09. The average Bonchev–Trinajstić information content (AvgIpc) is 2.84. The second kappa shape index (κ2) is 8.43. The van der Waals surface area contributed by atoms with Crippen LogP contribution < -0.4 is 20.5 Å². The molecule has 3 aliphatic rings. The first kappa shape index (κ1) is 21.2. The summed E-state index contributed by atoms with van der Waals surface area (Å²) in [5.41, 5.74) is 2.58. The Hall–Kier alpha value is -3.39. The molecule has 8 nitrogen and oxygen atoms in total. The van der Waals surface area contributed by atoms with Crippen molar-refractivity contribution in [3.8, 4) is 33.9 Å². The van der Waals surface area contributed by atoms with Gasteiger partial charge in [-0.15, -0.1) is 10.2 Å². The number of hydrogen-bond acceptors (Lipinski definition) is 7. The molecule has 1 aromatic carbocycles. The SMILES string of the molecule is Cn1ccc(-c2ccc(-c3cc4c(nn3)N(C3C[C@@H]5CCC[C@@H](C3)N5)CCO4)c(O)c2)cc1=O. The van der Waals surface area contributed by atoms with Crippen LogP contribution in [0, 0.1) is 0 Å². The maximum atomic E-state index is 12.0. The van der Waals surface area contributed by atoms with E-state index in [0.29, 0.717) is 36.0 Å². The maximum absolute atomic E-state index is 12.0. The van der Waals surface area contributed by atoms with Crippen LogP contribution in [0.15, 0.2) is 47.4 Å². The van der Waals surface area contributed by atoms with Gasteiger partial charge in [-0.25, -0.2) is 0 Å². The highest BCUT2D eigenvalue weighted by molar-refractivity contribution is 5.75. The molecule has 2 N–H and O–H groups in total. The van der Waals surface area contributed by atoms with Crippen LogP contribution in [-0.2, 0) is 7.05 Å². The number of phenolic OH excluding ortho intramolecular Hbond substituents is 1. The number of phenols is 1. The molecule has 0 aliphatic carbocycles. The van der Waals surface area contributed by atoms with Crippen LogP contribution in [0.1, 0.15) is 32.1 Å². The quantitative estimate of drug-likeness (QED) is 0.622. The number of ether oxygens (including phenoxy) is 1. The summed E-state index contributed by atoms with van der Waals surface area (Å²) in [6.07, 6.45) is 7.80.